The number of nitro groups is 1. The zero-order valence-corrected chi connectivity index (χ0v) is 12.4. The molecule has 0 aromatic carbocycles. The van der Waals surface area contributed by atoms with Gasteiger partial charge in [0.2, 0.25) is 11.6 Å². The first-order valence-corrected chi connectivity index (χ1v) is 7.31. The number of nitrogens with one attached hydrogen (secondary N) is 1. The van der Waals surface area contributed by atoms with E-state index in [1.165, 1.54) is 6.33 Å². The Bertz CT molecular complexity index is 443. The lowest BCUT2D eigenvalue weighted by Crippen LogP contribution is -2.31. The van der Waals surface area contributed by atoms with Crippen molar-refractivity contribution in [3.05, 3.63) is 16.4 Å². The van der Waals surface area contributed by atoms with E-state index in [4.69, 9.17) is 0 Å². The van der Waals surface area contributed by atoms with E-state index in [0.717, 1.165) is 12.2 Å². The maximum atomic E-state index is 11.2. The van der Waals surface area contributed by atoms with Crippen LogP contribution in [-0.4, -0.2) is 47.0 Å². The Balaban J connectivity index is 3.08. The fraction of sp³-hybridized carbons (Fsp3) is 0.636. The van der Waals surface area contributed by atoms with Crippen molar-refractivity contribution in [2.45, 2.75) is 19.4 Å². The first kappa shape index (κ1) is 15.5. The SMILES string of the molecule is CNc1ncnc(N(C)C(C)CCSC)c1[N+](=O)[O-]. The van der Waals surface area contributed by atoms with Crippen molar-refractivity contribution < 1.29 is 4.92 Å². The minimum absolute atomic E-state index is 0.0801. The molecule has 0 saturated heterocycles. The third-order valence-corrected chi connectivity index (χ3v) is 3.60. The highest BCUT2D eigenvalue weighted by Gasteiger charge is 2.26. The fourth-order valence-electron chi connectivity index (χ4n) is 1.67. The molecule has 1 aromatic rings. The average molecular weight is 285 g/mol. The van der Waals surface area contributed by atoms with Gasteiger partial charge in [-0.25, -0.2) is 9.97 Å². The van der Waals surface area contributed by atoms with Crippen LogP contribution in [0, 0.1) is 10.1 Å². The zero-order chi connectivity index (χ0) is 14.4. The van der Waals surface area contributed by atoms with Crippen molar-refractivity contribution in [2.75, 3.05) is 36.3 Å². The normalized spacial score (nSPS) is 12.0. The standard InChI is InChI=1S/C11H19N5O2S/c1-8(5-6-19-4)15(3)11-9(16(17)18)10(12-2)13-7-14-11/h7-8H,5-6H2,1-4H3,(H,12,13,14). The summed E-state index contributed by atoms with van der Waals surface area (Å²) in [6.07, 6.45) is 4.32. The van der Waals surface area contributed by atoms with E-state index in [2.05, 4.69) is 15.3 Å². The molecule has 0 spiro atoms. The molecule has 8 heteroatoms. The van der Waals surface area contributed by atoms with Crippen molar-refractivity contribution in [2.24, 2.45) is 0 Å². The van der Waals surface area contributed by atoms with Gasteiger partial charge in [-0.1, -0.05) is 0 Å². The number of hydrogen-bond donors (Lipinski definition) is 1. The first-order chi connectivity index (χ1) is 9.02. The van der Waals surface area contributed by atoms with E-state index in [1.54, 1.807) is 18.8 Å². The summed E-state index contributed by atoms with van der Waals surface area (Å²) in [6.45, 7) is 2.03. The van der Waals surface area contributed by atoms with Crippen LogP contribution < -0.4 is 10.2 Å². The largest absolute Gasteiger partial charge is 0.367 e. The summed E-state index contributed by atoms with van der Waals surface area (Å²) >= 11 is 1.76. The van der Waals surface area contributed by atoms with Crippen LogP contribution in [0.2, 0.25) is 0 Å². The summed E-state index contributed by atoms with van der Waals surface area (Å²) in [4.78, 5) is 20.5. The van der Waals surface area contributed by atoms with Crippen molar-refractivity contribution in [1.82, 2.24) is 9.97 Å². The first-order valence-electron chi connectivity index (χ1n) is 5.91. The highest BCUT2D eigenvalue weighted by atomic mass is 32.2. The summed E-state index contributed by atoms with van der Waals surface area (Å²) in [5.74, 6) is 1.58. The fourth-order valence-corrected chi connectivity index (χ4v) is 2.25. The highest BCUT2D eigenvalue weighted by Crippen LogP contribution is 2.32. The molecule has 0 aliphatic rings. The monoisotopic (exact) mass is 285 g/mol. The Morgan fingerprint density at radius 2 is 2.26 bits per heavy atom. The molecule has 1 N–H and O–H groups in total. The van der Waals surface area contributed by atoms with Crippen LogP contribution in [0.25, 0.3) is 0 Å². The van der Waals surface area contributed by atoms with Gasteiger partial charge >= 0.3 is 5.69 Å². The lowest BCUT2D eigenvalue weighted by atomic mass is 10.2. The third-order valence-electron chi connectivity index (χ3n) is 2.96. The van der Waals surface area contributed by atoms with Gasteiger partial charge in [-0.3, -0.25) is 10.1 Å². The predicted octanol–water partition coefficient (Wildman–Crippen LogP) is 2.00. The molecule has 0 radical (unpaired) electrons. The van der Waals surface area contributed by atoms with E-state index >= 15 is 0 Å². The minimum Gasteiger partial charge on any atom is -0.367 e. The molecule has 1 rings (SSSR count). The van der Waals surface area contributed by atoms with Gasteiger partial charge in [-0.05, 0) is 25.4 Å². The van der Waals surface area contributed by atoms with Gasteiger partial charge in [-0.15, -0.1) is 0 Å². The van der Waals surface area contributed by atoms with Gasteiger partial charge in [0.1, 0.15) is 6.33 Å². The minimum atomic E-state index is -0.445. The average Bonchev–Trinajstić information content (AvgIpc) is 2.42. The Morgan fingerprint density at radius 3 is 2.79 bits per heavy atom. The molecule has 0 aliphatic heterocycles. The Labute approximate surface area is 117 Å². The number of anilines is 2. The number of nitrogens with zero attached hydrogens (tertiary/aromatic N) is 4. The second kappa shape index (κ2) is 7.13. The number of rotatable bonds is 7. The maximum Gasteiger partial charge on any atom is 0.353 e. The van der Waals surface area contributed by atoms with Crippen molar-refractivity contribution in [1.29, 1.82) is 0 Å². The Hall–Kier alpha value is -1.57. The second-order valence-electron chi connectivity index (χ2n) is 4.14. The molecule has 0 fully saturated rings. The molecule has 0 saturated carbocycles. The second-order valence-corrected chi connectivity index (χ2v) is 5.13. The van der Waals surface area contributed by atoms with Crippen molar-refractivity contribution in [3.8, 4) is 0 Å². The third kappa shape index (κ3) is 3.69. The molecule has 7 nitrogen and oxygen atoms in total. The smallest absolute Gasteiger partial charge is 0.353 e. The molecule has 0 bridgehead atoms. The van der Waals surface area contributed by atoms with Crippen molar-refractivity contribution in [3.63, 3.8) is 0 Å². The molecule has 1 atom stereocenters. The maximum absolute atomic E-state index is 11.2. The van der Waals surface area contributed by atoms with E-state index < -0.39 is 4.92 Å². The Kier molecular flexibility index (Phi) is 5.81. The van der Waals surface area contributed by atoms with Crippen LogP contribution in [0.3, 0.4) is 0 Å². The zero-order valence-electron chi connectivity index (χ0n) is 11.6. The van der Waals surface area contributed by atoms with Gasteiger partial charge < -0.3 is 10.2 Å². The summed E-state index contributed by atoms with van der Waals surface area (Å²) in [5, 5.41) is 13.9. The van der Waals surface area contributed by atoms with E-state index in [-0.39, 0.29) is 17.5 Å². The number of aromatic nitrogens is 2. The lowest BCUT2D eigenvalue weighted by molar-refractivity contribution is -0.383. The van der Waals surface area contributed by atoms with E-state index in [0.29, 0.717) is 5.82 Å². The molecule has 106 valence electrons. The Morgan fingerprint density at radius 1 is 1.58 bits per heavy atom. The van der Waals surface area contributed by atoms with Crippen LogP contribution in [0.5, 0.6) is 0 Å². The quantitative estimate of drug-likeness (QED) is 0.606. The molecular formula is C11H19N5O2S. The molecule has 1 unspecified atom stereocenters. The molecule has 0 aliphatic carbocycles. The highest BCUT2D eigenvalue weighted by molar-refractivity contribution is 7.98. The van der Waals surface area contributed by atoms with Crippen LogP contribution >= 0.6 is 11.8 Å². The number of hydrogen-bond acceptors (Lipinski definition) is 7. The summed E-state index contributed by atoms with van der Waals surface area (Å²) in [5.41, 5.74) is -0.0801. The number of thioether (sulfide) groups is 1. The van der Waals surface area contributed by atoms with Crippen LogP contribution in [-0.2, 0) is 0 Å². The van der Waals surface area contributed by atoms with Crippen LogP contribution in [0.15, 0.2) is 6.33 Å². The van der Waals surface area contributed by atoms with Gasteiger partial charge in [0.25, 0.3) is 0 Å². The molecule has 19 heavy (non-hydrogen) atoms. The van der Waals surface area contributed by atoms with E-state index in [1.807, 2.05) is 25.1 Å². The molecule has 0 amide bonds. The lowest BCUT2D eigenvalue weighted by Gasteiger charge is -2.25. The summed E-state index contributed by atoms with van der Waals surface area (Å²) < 4.78 is 0. The molecule has 1 aromatic heterocycles. The summed E-state index contributed by atoms with van der Waals surface area (Å²) in [6, 6.07) is 0.172. The summed E-state index contributed by atoms with van der Waals surface area (Å²) in [7, 11) is 3.43. The van der Waals surface area contributed by atoms with Gasteiger partial charge in [0.05, 0.1) is 4.92 Å². The van der Waals surface area contributed by atoms with Crippen LogP contribution in [0.4, 0.5) is 17.3 Å². The van der Waals surface area contributed by atoms with Gasteiger partial charge in [0, 0.05) is 20.1 Å². The van der Waals surface area contributed by atoms with Crippen molar-refractivity contribution >= 4 is 29.1 Å². The topological polar surface area (TPSA) is 84.2 Å². The van der Waals surface area contributed by atoms with E-state index in [9.17, 15) is 10.1 Å². The molecular weight excluding hydrogens is 266 g/mol. The van der Waals surface area contributed by atoms with Gasteiger partial charge in [-0.2, -0.15) is 11.8 Å². The predicted molar refractivity (Wildman–Crippen MR) is 79.1 cm³/mol. The van der Waals surface area contributed by atoms with Gasteiger partial charge in [0.15, 0.2) is 0 Å². The molecule has 1 heterocycles. The van der Waals surface area contributed by atoms with Crippen LogP contribution in [0.1, 0.15) is 13.3 Å².